The Bertz CT molecular complexity index is 1490. The number of benzene rings is 2. The number of para-hydroxylation sites is 1. The maximum atomic E-state index is 13.7. The molecular formula is C28H27N5O4. The Morgan fingerprint density at radius 2 is 1.89 bits per heavy atom. The molecule has 37 heavy (non-hydrogen) atoms. The molecule has 0 saturated heterocycles. The third-order valence-electron chi connectivity index (χ3n) is 7.89. The number of carbonyl (C=O) groups is 3. The molecule has 2 amide bonds. The first-order chi connectivity index (χ1) is 17.8. The molecule has 0 bridgehead atoms. The number of rotatable bonds is 5. The van der Waals surface area contributed by atoms with Gasteiger partial charge in [-0.3, -0.25) is 9.59 Å². The van der Waals surface area contributed by atoms with Crippen molar-refractivity contribution in [3.63, 3.8) is 0 Å². The number of fused-ring (bicyclic) bond motifs is 2. The molecule has 1 aromatic heterocycles. The van der Waals surface area contributed by atoms with Crippen LogP contribution in [-0.2, 0) is 29.8 Å². The van der Waals surface area contributed by atoms with Gasteiger partial charge in [0, 0.05) is 26.1 Å². The van der Waals surface area contributed by atoms with Gasteiger partial charge in [0.2, 0.25) is 0 Å². The van der Waals surface area contributed by atoms with Gasteiger partial charge < -0.3 is 19.5 Å². The van der Waals surface area contributed by atoms with Crippen molar-refractivity contribution in [2.75, 3.05) is 7.05 Å². The van der Waals surface area contributed by atoms with Crippen LogP contribution in [0.5, 0.6) is 0 Å². The zero-order chi connectivity index (χ0) is 25.9. The van der Waals surface area contributed by atoms with Crippen LogP contribution in [-0.4, -0.2) is 61.0 Å². The van der Waals surface area contributed by atoms with Gasteiger partial charge in [0.15, 0.2) is 5.69 Å². The fourth-order valence-electron chi connectivity index (χ4n) is 5.54. The van der Waals surface area contributed by atoms with Crippen molar-refractivity contribution in [2.45, 2.75) is 50.9 Å². The van der Waals surface area contributed by atoms with E-state index in [2.05, 4.69) is 9.98 Å². The highest BCUT2D eigenvalue weighted by atomic mass is 16.4. The van der Waals surface area contributed by atoms with Gasteiger partial charge in [-0.2, -0.15) is 0 Å². The molecule has 1 N–H and O–H groups in total. The first kappa shape index (κ1) is 23.1. The van der Waals surface area contributed by atoms with Crippen LogP contribution in [0.1, 0.15) is 57.4 Å². The number of aliphatic imine (C=N–C) groups is 1. The molecule has 9 nitrogen and oxygen atoms in total. The van der Waals surface area contributed by atoms with Gasteiger partial charge in [-0.15, -0.1) is 0 Å². The van der Waals surface area contributed by atoms with E-state index in [-0.39, 0.29) is 30.0 Å². The molecule has 2 aliphatic heterocycles. The van der Waals surface area contributed by atoms with Crippen LogP contribution in [0.4, 0.5) is 5.69 Å². The molecule has 3 aromatic rings. The quantitative estimate of drug-likeness (QED) is 0.581. The summed E-state index contributed by atoms with van der Waals surface area (Å²) in [5.74, 6) is -1.35. The lowest BCUT2D eigenvalue weighted by Crippen LogP contribution is -2.48. The lowest BCUT2D eigenvalue weighted by atomic mass is 10.00. The molecule has 0 radical (unpaired) electrons. The van der Waals surface area contributed by atoms with E-state index in [1.165, 1.54) is 0 Å². The summed E-state index contributed by atoms with van der Waals surface area (Å²) >= 11 is 0. The maximum absolute atomic E-state index is 13.7. The molecular weight excluding hydrogens is 470 g/mol. The predicted molar refractivity (Wildman–Crippen MR) is 136 cm³/mol. The van der Waals surface area contributed by atoms with Crippen molar-refractivity contribution in [2.24, 2.45) is 4.99 Å². The molecule has 0 spiro atoms. The van der Waals surface area contributed by atoms with E-state index in [0.717, 1.165) is 29.7 Å². The minimum absolute atomic E-state index is 0.0742. The lowest BCUT2D eigenvalue weighted by molar-refractivity contribution is -0.127. The Labute approximate surface area is 214 Å². The molecule has 1 unspecified atom stereocenters. The van der Waals surface area contributed by atoms with E-state index in [0.29, 0.717) is 30.1 Å². The highest BCUT2D eigenvalue weighted by Crippen LogP contribution is 2.51. The normalized spacial score (nSPS) is 19.0. The van der Waals surface area contributed by atoms with Crippen LogP contribution < -0.4 is 0 Å². The van der Waals surface area contributed by atoms with Crippen LogP contribution in [0.2, 0.25) is 0 Å². The Morgan fingerprint density at radius 1 is 1.11 bits per heavy atom. The summed E-state index contributed by atoms with van der Waals surface area (Å²) in [6, 6.07) is 14.5. The summed E-state index contributed by atoms with van der Waals surface area (Å²) in [6.45, 7) is 2.80. The third kappa shape index (κ3) is 3.73. The molecule has 3 aliphatic rings. The average Bonchev–Trinajstić information content (AvgIpc) is 3.44. The maximum Gasteiger partial charge on any atom is 0.335 e. The number of nitrogens with zero attached hydrogens (tertiary/aromatic N) is 5. The second-order valence-corrected chi connectivity index (χ2v) is 10.1. The summed E-state index contributed by atoms with van der Waals surface area (Å²) in [5, 5.41) is 9.41. The number of aromatic nitrogens is 2. The first-order valence-electron chi connectivity index (χ1n) is 12.4. The first-order valence-corrected chi connectivity index (χ1v) is 12.4. The smallest absolute Gasteiger partial charge is 0.335 e. The van der Waals surface area contributed by atoms with Crippen LogP contribution in [0, 0.1) is 0 Å². The molecule has 6 rings (SSSR count). The van der Waals surface area contributed by atoms with Crippen LogP contribution in [0.15, 0.2) is 59.9 Å². The van der Waals surface area contributed by atoms with E-state index in [9.17, 15) is 19.5 Å². The molecule has 2 aromatic carbocycles. The summed E-state index contributed by atoms with van der Waals surface area (Å²) in [7, 11) is 1.74. The largest absolute Gasteiger partial charge is 0.478 e. The van der Waals surface area contributed by atoms with Crippen molar-refractivity contribution in [1.82, 2.24) is 19.4 Å². The van der Waals surface area contributed by atoms with Gasteiger partial charge in [0.05, 0.1) is 35.4 Å². The standard InChI is InChI=1S/C28H27N5O4/c1-17-14-32-16-29-24(23(32)15-33(17)25(34)22-13-18-6-3-4-9-21(18)30-22)26(35)31(2)28(10-11-28)20-8-5-7-19(12-20)27(36)37/h3-9,12,16-17H,10-11,13-15H2,1-2H3,(H,36,37). The molecule has 188 valence electrons. The number of hydrogen-bond donors (Lipinski definition) is 1. The van der Waals surface area contributed by atoms with E-state index in [1.807, 2.05) is 41.8 Å². The minimum atomic E-state index is -0.997. The minimum Gasteiger partial charge on any atom is -0.478 e. The number of hydrogen-bond acceptors (Lipinski definition) is 5. The molecule has 1 fully saturated rings. The summed E-state index contributed by atoms with van der Waals surface area (Å²) in [5.41, 5.74) is 3.87. The van der Waals surface area contributed by atoms with Gasteiger partial charge in [-0.05, 0) is 49.1 Å². The summed E-state index contributed by atoms with van der Waals surface area (Å²) in [6.07, 6.45) is 3.67. The SMILES string of the molecule is CC1Cn2cnc(C(=O)N(C)C3(c4cccc(C(=O)O)c4)CC3)c2CN1C(=O)C1=Nc2ccccc2C1. The van der Waals surface area contributed by atoms with Crippen molar-refractivity contribution >= 4 is 29.2 Å². The van der Waals surface area contributed by atoms with Crippen molar-refractivity contribution in [1.29, 1.82) is 0 Å². The van der Waals surface area contributed by atoms with Crippen LogP contribution in [0.25, 0.3) is 0 Å². The Balaban J connectivity index is 1.25. The monoisotopic (exact) mass is 497 g/mol. The molecule has 1 saturated carbocycles. The summed E-state index contributed by atoms with van der Waals surface area (Å²) < 4.78 is 1.95. The van der Waals surface area contributed by atoms with E-state index < -0.39 is 11.5 Å². The number of imidazole rings is 1. The van der Waals surface area contributed by atoms with Gasteiger partial charge >= 0.3 is 5.97 Å². The van der Waals surface area contributed by atoms with E-state index in [4.69, 9.17) is 0 Å². The van der Waals surface area contributed by atoms with E-state index >= 15 is 0 Å². The number of amides is 2. The Hall–Kier alpha value is -4.27. The van der Waals surface area contributed by atoms with Crippen molar-refractivity contribution < 1.29 is 19.5 Å². The zero-order valence-corrected chi connectivity index (χ0v) is 20.7. The zero-order valence-electron chi connectivity index (χ0n) is 20.7. The predicted octanol–water partition coefficient (Wildman–Crippen LogP) is 3.40. The van der Waals surface area contributed by atoms with Gasteiger partial charge in [0.25, 0.3) is 11.8 Å². The number of carbonyl (C=O) groups excluding carboxylic acids is 2. The number of carboxylic acid groups (broad SMARTS) is 1. The fourth-order valence-corrected chi connectivity index (χ4v) is 5.54. The Morgan fingerprint density at radius 3 is 2.62 bits per heavy atom. The Kier molecular flexibility index (Phi) is 5.25. The topological polar surface area (TPSA) is 108 Å². The summed E-state index contributed by atoms with van der Waals surface area (Å²) in [4.78, 5) is 51.2. The van der Waals surface area contributed by atoms with Crippen molar-refractivity contribution in [3.8, 4) is 0 Å². The van der Waals surface area contributed by atoms with Gasteiger partial charge in [-0.25, -0.2) is 14.8 Å². The van der Waals surface area contributed by atoms with Crippen LogP contribution in [0.3, 0.4) is 0 Å². The molecule has 1 aliphatic carbocycles. The van der Waals surface area contributed by atoms with Crippen LogP contribution >= 0.6 is 0 Å². The van der Waals surface area contributed by atoms with E-state index in [1.54, 1.807) is 41.4 Å². The average molecular weight is 498 g/mol. The van der Waals surface area contributed by atoms with Crippen molar-refractivity contribution in [3.05, 3.63) is 82.9 Å². The lowest BCUT2D eigenvalue weighted by Gasteiger charge is -2.35. The third-order valence-corrected chi connectivity index (χ3v) is 7.89. The second-order valence-electron chi connectivity index (χ2n) is 10.1. The molecule has 1 atom stereocenters. The van der Waals surface area contributed by atoms with Gasteiger partial charge in [-0.1, -0.05) is 30.3 Å². The number of carboxylic acids is 1. The second kappa shape index (κ2) is 8.40. The highest BCUT2D eigenvalue weighted by molar-refractivity contribution is 6.40. The fraction of sp³-hybridized carbons (Fsp3) is 0.321. The number of aromatic carboxylic acids is 1. The molecule has 3 heterocycles. The highest BCUT2D eigenvalue weighted by Gasteiger charge is 2.51. The van der Waals surface area contributed by atoms with Gasteiger partial charge in [0.1, 0.15) is 5.71 Å². The molecule has 9 heteroatoms.